The van der Waals surface area contributed by atoms with E-state index in [4.69, 9.17) is 5.73 Å². The van der Waals surface area contributed by atoms with Gasteiger partial charge in [-0.25, -0.2) is 0 Å². The molecule has 2 aromatic rings. The van der Waals surface area contributed by atoms with Crippen LogP contribution < -0.4 is 5.73 Å². The van der Waals surface area contributed by atoms with Crippen LogP contribution in [0, 0.1) is 6.92 Å². The Morgan fingerprint density at radius 3 is 2.92 bits per heavy atom. The minimum absolute atomic E-state index is 0.859. The summed E-state index contributed by atoms with van der Waals surface area (Å²) in [5.74, 6) is 0. The first kappa shape index (κ1) is 7.95. The first-order valence-corrected chi connectivity index (χ1v) is 4.92. The molecule has 0 aliphatic heterocycles. The molecule has 3 heteroatoms. The molecule has 0 aliphatic carbocycles. The Kier molecular flexibility index (Phi) is 1.77. The van der Waals surface area contributed by atoms with E-state index in [1.807, 2.05) is 19.1 Å². The van der Waals surface area contributed by atoms with E-state index in [9.17, 15) is 0 Å². The van der Waals surface area contributed by atoms with Gasteiger partial charge < -0.3 is 5.73 Å². The molecule has 0 amide bonds. The van der Waals surface area contributed by atoms with Gasteiger partial charge in [-0.1, -0.05) is 6.07 Å². The highest BCUT2D eigenvalue weighted by Gasteiger charge is 2.03. The van der Waals surface area contributed by atoms with Crippen molar-refractivity contribution in [2.45, 2.75) is 11.1 Å². The molecule has 0 unspecified atom stereocenters. The Hall–Kier alpha value is -0.670. The summed E-state index contributed by atoms with van der Waals surface area (Å²) < 4.78 is 2.29. The van der Waals surface area contributed by atoms with E-state index in [1.165, 1.54) is 10.1 Å². The maximum atomic E-state index is 5.78. The van der Waals surface area contributed by atoms with Crippen molar-refractivity contribution < 1.29 is 0 Å². The maximum absolute atomic E-state index is 5.78. The molecule has 1 heterocycles. The van der Waals surface area contributed by atoms with Gasteiger partial charge in [-0.05, 0) is 30.0 Å². The molecule has 2 rings (SSSR count). The summed E-state index contributed by atoms with van der Waals surface area (Å²) >= 11 is 5.98. The van der Waals surface area contributed by atoms with Gasteiger partial charge in [0.05, 0.1) is 4.21 Å². The van der Waals surface area contributed by atoms with E-state index in [0.717, 1.165) is 15.5 Å². The fourth-order valence-corrected chi connectivity index (χ4v) is 2.57. The summed E-state index contributed by atoms with van der Waals surface area (Å²) in [7, 11) is 0. The zero-order valence-electron chi connectivity index (χ0n) is 6.66. The van der Waals surface area contributed by atoms with Crippen LogP contribution in [0.2, 0.25) is 0 Å². The second-order valence-corrected chi connectivity index (χ2v) is 4.62. The van der Waals surface area contributed by atoms with Gasteiger partial charge in [0.15, 0.2) is 0 Å². The fraction of sp³-hybridized carbons (Fsp3) is 0.111. The summed E-state index contributed by atoms with van der Waals surface area (Å²) in [6, 6.07) is 6.04. The normalized spacial score (nSPS) is 10.8. The van der Waals surface area contributed by atoms with E-state index in [2.05, 4.69) is 18.7 Å². The average molecular weight is 195 g/mol. The minimum atomic E-state index is 0.859. The van der Waals surface area contributed by atoms with E-state index in [0.29, 0.717) is 0 Å². The van der Waals surface area contributed by atoms with Crippen LogP contribution in [-0.2, 0) is 0 Å². The molecule has 0 atom stereocenters. The highest BCUT2D eigenvalue weighted by atomic mass is 32.2. The first-order valence-electron chi connectivity index (χ1n) is 3.66. The van der Waals surface area contributed by atoms with Gasteiger partial charge >= 0.3 is 0 Å². The van der Waals surface area contributed by atoms with Gasteiger partial charge in [0.25, 0.3) is 0 Å². The molecule has 62 valence electrons. The van der Waals surface area contributed by atoms with Crippen molar-refractivity contribution in [3.8, 4) is 0 Å². The number of thiol groups is 1. The van der Waals surface area contributed by atoms with Gasteiger partial charge in [0.2, 0.25) is 0 Å². The SMILES string of the molecule is Cc1c(N)ccc2cc(S)sc12. The topological polar surface area (TPSA) is 26.0 Å². The lowest BCUT2D eigenvalue weighted by Crippen LogP contribution is -1.87. The summed E-state index contributed by atoms with van der Waals surface area (Å²) in [6.45, 7) is 2.04. The third-order valence-electron chi connectivity index (χ3n) is 1.96. The van der Waals surface area contributed by atoms with Crippen LogP contribution in [0.15, 0.2) is 22.4 Å². The van der Waals surface area contributed by atoms with Crippen LogP contribution in [0.25, 0.3) is 10.1 Å². The zero-order valence-corrected chi connectivity index (χ0v) is 8.38. The van der Waals surface area contributed by atoms with E-state index >= 15 is 0 Å². The van der Waals surface area contributed by atoms with Crippen molar-refractivity contribution in [2.24, 2.45) is 0 Å². The number of thiophene rings is 1. The van der Waals surface area contributed by atoms with Crippen LogP contribution in [0.3, 0.4) is 0 Å². The maximum Gasteiger partial charge on any atom is 0.0580 e. The van der Waals surface area contributed by atoms with Crippen molar-refractivity contribution in [1.29, 1.82) is 0 Å². The number of hydrogen-bond acceptors (Lipinski definition) is 3. The predicted octanol–water partition coefficient (Wildman–Crippen LogP) is 3.08. The zero-order chi connectivity index (χ0) is 8.72. The second kappa shape index (κ2) is 2.68. The molecular weight excluding hydrogens is 186 g/mol. The molecule has 0 radical (unpaired) electrons. The van der Waals surface area contributed by atoms with Crippen molar-refractivity contribution in [3.63, 3.8) is 0 Å². The van der Waals surface area contributed by atoms with Crippen molar-refractivity contribution in [3.05, 3.63) is 23.8 Å². The van der Waals surface area contributed by atoms with Crippen LogP contribution in [0.5, 0.6) is 0 Å². The second-order valence-electron chi connectivity index (χ2n) is 2.78. The largest absolute Gasteiger partial charge is 0.398 e. The van der Waals surface area contributed by atoms with Gasteiger partial charge in [-0.3, -0.25) is 0 Å². The summed E-state index contributed by atoms with van der Waals surface area (Å²) in [5.41, 5.74) is 7.80. The van der Waals surface area contributed by atoms with Gasteiger partial charge in [0, 0.05) is 10.4 Å². The number of nitrogens with two attached hydrogens (primary N) is 1. The van der Waals surface area contributed by atoms with Crippen molar-refractivity contribution >= 4 is 39.7 Å². The highest BCUT2D eigenvalue weighted by Crippen LogP contribution is 2.32. The lowest BCUT2D eigenvalue weighted by molar-refractivity contribution is 1.55. The van der Waals surface area contributed by atoms with Crippen molar-refractivity contribution in [1.82, 2.24) is 0 Å². The molecule has 2 N–H and O–H groups in total. The first-order chi connectivity index (χ1) is 5.68. The Bertz CT molecular complexity index is 431. The van der Waals surface area contributed by atoms with Gasteiger partial charge in [-0.15, -0.1) is 24.0 Å². The summed E-state index contributed by atoms with van der Waals surface area (Å²) in [6.07, 6.45) is 0. The third kappa shape index (κ3) is 1.09. The number of benzene rings is 1. The Labute approximate surface area is 80.6 Å². The molecule has 0 saturated carbocycles. The highest BCUT2D eigenvalue weighted by molar-refractivity contribution is 7.83. The monoisotopic (exact) mass is 195 g/mol. The molecule has 1 aromatic carbocycles. The van der Waals surface area contributed by atoms with E-state index in [1.54, 1.807) is 11.3 Å². The van der Waals surface area contributed by atoms with Crippen LogP contribution in [0.4, 0.5) is 5.69 Å². The smallest absolute Gasteiger partial charge is 0.0580 e. The number of hydrogen-bond donors (Lipinski definition) is 2. The van der Waals surface area contributed by atoms with Crippen LogP contribution in [-0.4, -0.2) is 0 Å². The molecule has 0 aliphatic rings. The average Bonchev–Trinajstić information content (AvgIpc) is 2.39. The molecule has 0 spiro atoms. The van der Waals surface area contributed by atoms with Crippen LogP contribution in [0.1, 0.15) is 5.56 Å². The quantitative estimate of drug-likeness (QED) is 0.490. The van der Waals surface area contributed by atoms with Gasteiger partial charge in [0.1, 0.15) is 0 Å². The Morgan fingerprint density at radius 2 is 2.17 bits per heavy atom. The molecular formula is C9H9NS2. The van der Waals surface area contributed by atoms with Crippen molar-refractivity contribution in [2.75, 3.05) is 5.73 Å². The molecule has 0 fully saturated rings. The lowest BCUT2D eigenvalue weighted by atomic mass is 10.1. The Morgan fingerprint density at radius 1 is 1.42 bits per heavy atom. The molecule has 0 saturated heterocycles. The Balaban J connectivity index is 2.89. The predicted molar refractivity (Wildman–Crippen MR) is 58.2 cm³/mol. The van der Waals surface area contributed by atoms with E-state index in [-0.39, 0.29) is 0 Å². The standard InChI is InChI=1S/C9H9NS2/c1-5-7(10)3-2-6-4-8(11)12-9(5)6/h2-4,11H,10H2,1H3. The molecule has 12 heavy (non-hydrogen) atoms. The van der Waals surface area contributed by atoms with E-state index < -0.39 is 0 Å². The van der Waals surface area contributed by atoms with Gasteiger partial charge in [-0.2, -0.15) is 0 Å². The third-order valence-corrected chi connectivity index (χ3v) is 3.44. The summed E-state index contributed by atoms with van der Waals surface area (Å²) in [5, 5.41) is 1.23. The number of nitrogen functional groups attached to an aromatic ring is 1. The molecule has 0 bridgehead atoms. The minimum Gasteiger partial charge on any atom is -0.398 e. The molecule has 1 nitrogen and oxygen atoms in total. The summed E-state index contributed by atoms with van der Waals surface area (Å²) in [4.78, 5) is 0. The molecule has 1 aromatic heterocycles. The van der Waals surface area contributed by atoms with Crippen LogP contribution >= 0.6 is 24.0 Å². The number of rotatable bonds is 0. The number of aryl methyl sites for hydroxylation is 1. The fourth-order valence-electron chi connectivity index (χ4n) is 1.24. The number of fused-ring (bicyclic) bond motifs is 1. The number of anilines is 1. The lowest BCUT2D eigenvalue weighted by Gasteiger charge is -1.99.